The molecule has 2 aromatic carbocycles. The van der Waals surface area contributed by atoms with E-state index >= 15 is 0 Å². The molecule has 0 bridgehead atoms. The second-order valence-electron chi connectivity index (χ2n) is 6.42. The molecular formula is C22H22FN3O3S. The number of amides is 1. The molecule has 0 aromatic heterocycles. The van der Waals surface area contributed by atoms with Crippen LogP contribution < -0.4 is 9.47 Å². The molecule has 1 atom stereocenters. The van der Waals surface area contributed by atoms with Gasteiger partial charge in [0.05, 0.1) is 25.7 Å². The van der Waals surface area contributed by atoms with Gasteiger partial charge in [-0.3, -0.25) is 9.69 Å². The summed E-state index contributed by atoms with van der Waals surface area (Å²) in [6, 6.07) is 11.6. The molecule has 8 heteroatoms. The van der Waals surface area contributed by atoms with Crippen molar-refractivity contribution >= 4 is 29.1 Å². The second-order valence-corrected chi connectivity index (χ2v) is 7.59. The maximum absolute atomic E-state index is 13.1. The lowest BCUT2D eigenvalue weighted by molar-refractivity contribution is -0.125. The van der Waals surface area contributed by atoms with Crippen molar-refractivity contribution in [2.24, 2.45) is 10.2 Å². The lowest BCUT2D eigenvalue weighted by atomic mass is 10.1. The monoisotopic (exact) mass is 427 g/mol. The molecule has 6 nitrogen and oxygen atoms in total. The summed E-state index contributed by atoms with van der Waals surface area (Å²) in [6.07, 6.45) is 3.71. The van der Waals surface area contributed by atoms with Gasteiger partial charge in [-0.25, -0.2) is 4.39 Å². The largest absolute Gasteiger partial charge is 0.493 e. The molecular weight excluding hydrogens is 405 g/mol. The van der Waals surface area contributed by atoms with Gasteiger partial charge in [-0.1, -0.05) is 30.0 Å². The number of thioether (sulfide) groups is 1. The van der Waals surface area contributed by atoms with Gasteiger partial charge in [-0.2, -0.15) is 5.10 Å². The number of halogens is 1. The highest BCUT2D eigenvalue weighted by atomic mass is 32.2. The quantitative estimate of drug-likeness (QED) is 0.364. The van der Waals surface area contributed by atoms with Gasteiger partial charge in [-0.15, -0.1) is 11.7 Å². The Kier molecular flexibility index (Phi) is 7.24. The topological polar surface area (TPSA) is 63.5 Å². The Balaban J connectivity index is 1.76. The highest BCUT2D eigenvalue weighted by Gasteiger charge is 2.37. The zero-order chi connectivity index (χ0) is 21.5. The van der Waals surface area contributed by atoms with Gasteiger partial charge >= 0.3 is 0 Å². The number of amidine groups is 1. The molecule has 156 valence electrons. The molecule has 1 fully saturated rings. The van der Waals surface area contributed by atoms with Crippen molar-refractivity contribution in [3.8, 4) is 11.5 Å². The highest BCUT2D eigenvalue weighted by molar-refractivity contribution is 8.15. The van der Waals surface area contributed by atoms with Gasteiger partial charge in [0.2, 0.25) is 5.91 Å². The summed E-state index contributed by atoms with van der Waals surface area (Å²) in [5.41, 5.74) is 1.67. The fraction of sp³-hybridized carbons (Fsp3) is 0.227. The summed E-state index contributed by atoms with van der Waals surface area (Å²) >= 11 is 1.34. The van der Waals surface area contributed by atoms with Gasteiger partial charge in [0.25, 0.3) is 0 Å². The van der Waals surface area contributed by atoms with Crippen LogP contribution in [0.25, 0.3) is 0 Å². The summed E-state index contributed by atoms with van der Waals surface area (Å²) in [5.74, 6) is 0.847. The molecule has 30 heavy (non-hydrogen) atoms. The predicted molar refractivity (Wildman–Crippen MR) is 118 cm³/mol. The van der Waals surface area contributed by atoms with E-state index in [1.54, 1.807) is 55.7 Å². The van der Waals surface area contributed by atoms with Crippen LogP contribution in [-0.4, -0.2) is 48.2 Å². The molecule has 0 aliphatic carbocycles. The van der Waals surface area contributed by atoms with Gasteiger partial charge in [0, 0.05) is 6.54 Å². The summed E-state index contributed by atoms with van der Waals surface area (Å²) < 4.78 is 23.6. The minimum absolute atomic E-state index is 0.0655. The number of carbonyl (C=O) groups is 1. The third-order valence-electron chi connectivity index (χ3n) is 4.42. The number of carbonyl (C=O) groups excluding carboxylic acids is 1. The molecule has 3 rings (SSSR count). The molecule has 1 saturated heterocycles. The summed E-state index contributed by atoms with van der Waals surface area (Å²) in [6.45, 7) is 4.05. The van der Waals surface area contributed by atoms with E-state index in [0.29, 0.717) is 29.6 Å². The van der Waals surface area contributed by atoms with E-state index in [0.717, 1.165) is 11.1 Å². The van der Waals surface area contributed by atoms with Crippen molar-refractivity contribution < 1.29 is 18.7 Å². The van der Waals surface area contributed by atoms with E-state index in [-0.39, 0.29) is 17.0 Å². The van der Waals surface area contributed by atoms with Gasteiger partial charge in [0.15, 0.2) is 16.7 Å². The zero-order valence-corrected chi connectivity index (χ0v) is 17.6. The minimum Gasteiger partial charge on any atom is -0.493 e. The SMILES string of the molecule is C=CCN1C(=O)[C@@H](Cc2ccc(F)cc2)S/C1=N\N=C/c1ccc(OC)c(OC)c1. The van der Waals surface area contributed by atoms with Gasteiger partial charge < -0.3 is 9.47 Å². The summed E-state index contributed by atoms with van der Waals surface area (Å²) in [5, 5.41) is 8.55. The Bertz CT molecular complexity index is 976. The van der Waals surface area contributed by atoms with E-state index in [1.807, 2.05) is 6.07 Å². The Morgan fingerprint density at radius 1 is 1.17 bits per heavy atom. The Morgan fingerprint density at radius 2 is 1.90 bits per heavy atom. The fourth-order valence-corrected chi connectivity index (χ4v) is 4.07. The van der Waals surface area contributed by atoms with Crippen LogP contribution in [0.2, 0.25) is 0 Å². The molecule has 1 amide bonds. The van der Waals surface area contributed by atoms with E-state index in [4.69, 9.17) is 9.47 Å². The normalized spacial score (nSPS) is 17.7. The van der Waals surface area contributed by atoms with Gasteiger partial charge in [0.1, 0.15) is 5.82 Å². The summed E-state index contributed by atoms with van der Waals surface area (Å²) in [4.78, 5) is 14.3. The molecule has 2 aromatic rings. The van der Waals surface area contributed by atoms with Crippen LogP contribution in [0.3, 0.4) is 0 Å². The summed E-state index contributed by atoms with van der Waals surface area (Å²) in [7, 11) is 3.14. The maximum atomic E-state index is 13.1. The minimum atomic E-state index is -0.342. The van der Waals surface area contributed by atoms with Crippen molar-refractivity contribution in [2.45, 2.75) is 11.7 Å². The van der Waals surface area contributed by atoms with Crippen LogP contribution in [0, 0.1) is 5.82 Å². The molecule has 1 heterocycles. The van der Waals surface area contributed by atoms with Crippen molar-refractivity contribution in [1.29, 1.82) is 0 Å². The van der Waals surface area contributed by atoms with E-state index in [1.165, 1.54) is 23.9 Å². The molecule has 0 unspecified atom stereocenters. The third-order valence-corrected chi connectivity index (χ3v) is 5.59. The Hall–Kier alpha value is -3.13. The first-order valence-electron chi connectivity index (χ1n) is 9.22. The highest BCUT2D eigenvalue weighted by Crippen LogP contribution is 2.30. The van der Waals surface area contributed by atoms with Crippen LogP contribution in [0.4, 0.5) is 4.39 Å². The Morgan fingerprint density at radius 3 is 2.57 bits per heavy atom. The van der Waals surface area contributed by atoms with Gasteiger partial charge in [-0.05, 0) is 47.9 Å². The second kappa shape index (κ2) is 10.1. The average Bonchev–Trinajstić information content (AvgIpc) is 3.04. The smallest absolute Gasteiger partial charge is 0.242 e. The number of methoxy groups -OCH3 is 2. The number of ether oxygens (including phenoxy) is 2. The fourth-order valence-electron chi connectivity index (χ4n) is 2.93. The first-order valence-corrected chi connectivity index (χ1v) is 10.1. The first kappa shape index (κ1) is 21.6. The molecule has 1 aliphatic rings. The van der Waals surface area contributed by atoms with Crippen LogP contribution in [0.1, 0.15) is 11.1 Å². The van der Waals surface area contributed by atoms with Crippen molar-refractivity contribution in [3.05, 3.63) is 72.1 Å². The van der Waals surface area contributed by atoms with Crippen LogP contribution in [0.5, 0.6) is 11.5 Å². The molecule has 0 saturated carbocycles. The predicted octanol–water partition coefficient (Wildman–Crippen LogP) is 3.91. The third kappa shape index (κ3) is 5.07. The number of benzene rings is 2. The van der Waals surface area contributed by atoms with E-state index in [2.05, 4.69) is 16.8 Å². The van der Waals surface area contributed by atoms with E-state index < -0.39 is 0 Å². The molecule has 0 spiro atoms. The number of rotatable bonds is 8. The van der Waals surface area contributed by atoms with Crippen LogP contribution in [0.15, 0.2) is 65.3 Å². The number of nitrogens with zero attached hydrogens (tertiary/aromatic N) is 3. The van der Waals surface area contributed by atoms with Crippen molar-refractivity contribution in [3.63, 3.8) is 0 Å². The number of hydrogen-bond acceptors (Lipinski definition) is 6. The lowest BCUT2D eigenvalue weighted by Crippen LogP contribution is -2.32. The van der Waals surface area contributed by atoms with Crippen LogP contribution in [-0.2, 0) is 11.2 Å². The van der Waals surface area contributed by atoms with Crippen molar-refractivity contribution in [2.75, 3.05) is 20.8 Å². The molecule has 0 N–H and O–H groups in total. The molecule has 1 aliphatic heterocycles. The average molecular weight is 428 g/mol. The van der Waals surface area contributed by atoms with Crippen LogP contribution >= 0.6 is 11.8 Å². The standard InChI is InChI=1S/C22H22FN3O3S/c1-4-11-26-21(27)20(13-15-5-8-17(23)9-6-15)30-22(26)25-24-14-16-7-10-18(28-2)19(12-16)29-3/h4-10,12,14,20H,1,11,13H2,2-3H3/b24-14-,25-22-/t20-/m1/s1. The molecule has 0 radical (unpaired) electrons. The first-order chi connectivity index (χ1) is 14.5. The lowest BCUT2D eigenvalue weighted by Gasteiger charge is -2.12. The Labute approximate surface area is 179 Å². The maximum Gasteiger partial charge on any atom is 0.242 e. The van der Waals surface area contributed by atoms with E-state index in [9.17, 15) is 9.18 Å². The zero-order valence-electron chi connectivity index (χ0n) is 16.7. The number of hydrogen-bond donors (Lipinski definition) is 0. The van der Waals surface area contributed by atoms with Crippen molar-refractivity contribution in [1.82, 2.24) is 4.90 Å².